The number of rotatable bonds is 4. The third kappa shape index (κ3) is 3.78. The fourth-order valence-electron chi connectivity index (χ4n) is 4.86. The number of carbonyl (C=O) groups is 1. The van der Waals surface area contributed by atoms with Crippen LogP contribution in [0.5, 0.6) is 0 Å². The van der Waals surface area contributed by atoms with E-state index in [1.165, 1.54) is 0 Å². The van der Waals surface area contributed by atoms with Crippen LogP contribution in [-0.2, 0) is 9.53 Å². The van der Waals surface area contributed by atoms with Crippen molar-refractivity contribution < 1.29 is 9.53 Å². The first-order valence-electron chi connectivity index (χ1n) is 9.75. The van der Waals surface area contributed by atoms with Crippen LogP contribution in [0.4, 0.5) is 0 Å². The molecule has 3 rings (SSSR count). The van der Waals surface area contributed by atoms with Gasteiger partial charge < -0.3 is 15.4 Å². The van der Waals surface area contributed by atoms with Crippen LogP contribution < -0.4 is 10.6 Å². The number of hydrogen-bond donors (Lipinski definition) is 2. The second-order valence-electron chi connectivity index (χ2n) is 8.74. The summed E-state index contributed by atoms with van der Waals surface area (Å²) >= 11 is 0. The molecule has 24 heavy (non-hydrogen) atoms. The van der Waals surface area contributed by atoms with E-state index in [9.17, 15) is 4.79 Å². The summed E-state index contributed by atoms with van der Waals surface area (Å²) < 4.78 is 5.56. The molecular formula is C19H35N3O2. The van der Waals surface area contributed by atoms with Crippen molar-refractivity contribution in [1.29, 1.82) is 0 Å². The van der Waals surface area contributed by atoms with E-state index in [0.29, 0.717) is 23.9 Å². The first-order valence-corrected chi connectivity index (χ1v) is 9.75. The van der Waals surface area contributed by atoms with Crippen molar-refractivity contribution in [2.45, 2.75) is 64.6 Å². The van der Waals surface area contributed by atoms with Crippen LogP contribution >= 0.6 is 0 Å². The Hall–Kier alpha value is -0.650. The largest absolute Gasteiger partial charge is 0.378 e. The van der Waals surface area contributed by atoms with Gasteiger partial charge in [-0.25, -0.2) is 0 Å². The van der Waals surface area contributed by atoms with E-state index in [2.05, 4.69) is 43.2 Å². The molecule has 5 nitrogen and oxygen atoms in total. The lowest BCUT2D eigenvalue weighted by Gasteiger charge is -2.42. The molecule has 0 aromatic carbocycles. The third-order valence-corrected chi connectivity index (χ3v) is 6.71. The second-order valence-corrected chi connectivity index (χ2v) is 8.74. The van der Waals surface area contributed by atoms with Crippen LogP contribution in [0.1, 0.15) is 47.0 Å². The molecule has 0 radical (unpaired) electrons. The summed E-state index contributed by atoms with van der Waals surface area (Å²) in [6, 6.07) is 1.22. The van der Waals surface area contributed by atoms with Gasteiger partial charge in [-0.05, 0) is 51.9 Å². The van der Waals surface area contributed by atoms with E-state index >= 15 is 0 Å². The van der Waals surface area contributed by atoms with Crippen LogP contribution in [0, 0.1) is 17.8 Å². The van der Waals surface area contributed by atoms with Crippen molar-refractivity contribution in [2.24, 2.45) is 17.8 Å². The van der Waals surface area contributed by atoms with Gasteiger partial charge in [0.15, 0.2) is 0 Å². The number of amides is 1. The van der Waals surface area contributed by atoms with Crippen molar-refractivity contribution in [3.8, 4) is 0 Å². The lowest BCUT2D eigenvalue weighted by atomic mass is 9.74. The molecule has 1 saturated carbocycles. The Bertz CT molecular complexity index is 454. The topological polar surface area (TPSA) is 53.6 Å². The van der Waals surface area contributed by atoms with E-state index in [4.69, 9.17) is 4.74 Å². The molecule has 2 heterocycles. The van der Waals surface area contributed by atoms with E-state index in [-0.39, 0.29) is 17.4 Å². The predicted molar refractivity (Wildman–Crippen MR) is 95.9 cm³/mol. The number of nitrogens with zero attached hydrogens (tertiary/aromatic N) is 1. The zero-order chi connectivity index (χ0) is 17.3. The van der Waals surface area contributed by atoms with Crippen LogP contribution in [-0.4, -0.2) is 61.3 Å². The lowest BCUT2D eigenvalue weighted by molar-refractivity contribution is -0.127. The van der Waals surface area contributed by atoms with Crippen molar-refractivity contribution in [1.82, 2.24) is 15.5 Å². The van der Waals surface area contributed by atoms with Crippen molar-refractivity contribution in [2.75, 3.05) is 32.8 Å². The molecule has 1 amide bonds. The number of hydrogen-bond acceptors (Lipinski definition) is 4. The molecular weight excluding hydrogens is 302 g/mol. The fourth-order valence-corrected chi connectivity index (χ4v) is 4.86. The van der Waals surface area contributed by atoms with Crippen molar-refractivity contribution in [3.05, 3.63) is 0 Å². The molecule has 2 N–H and O–H groups in total. The standard InChI is InChI=1S/C19H35N3O2/c1-13-14(2)21-17-6-5-15(11-16(13)17)18(23)20-7-8-22-9-10-24-12-19(22,3)4/h13-17,21H,5-12H2,1-4H3,(H,20,23). The SMILES string of the molecule is CC1NC2CCC(C(=O)NCCN3CCOCC3(C)C)CC2C1C. The van der Waals surface area contributed by atoms with Gasteiger partial charge in [0.05, 0.1) is 13.2 Å². The molecule has 2 saturated heterocycles. The first kappa shape index (κ1) is 18.2. The Morgan fingerprint density at radius 1 is 1.33 bits per heavy atom. The highest BCUT2D eigenvalue weighted by Gasteiger charge is 2.43. The fraction of sp³-hybridized carbons (Fsp3) is 0.947. The highest BCUT2D eigenvalue weighted by Crippen LogP contribution is 2.39. The van der Waals surface area contributed by atoms with Crippen LogP contribution in [0.15, 0.2) is 0 Å². The zero-order valence-electron chi connectivity index (χ0n) is 15.8. The first-order chi connectivity index (χ1) is 11.4. The molecule has 2 aliphatic heterocycles. The van der Waals surface area contributed by atoms with E-state index in [1.807, 2.05) is 0 Å². The number of nitrogens with one attached hydrogen (secondary N) is 2. The molecule has 5 unspecified atom stereocenters. The van der Waals surface area contributed by atoms with Gasteiger partial charge in [0.1, 0.15) is 0 Å². The van der Waals surface area contributed by atoms with Gasteiger partial charge in [-0.2, -0.15) is 0 Å². The highest BCUT2D eigenvalue weighted by atomic mass is 16.5. The van der Waals surface area contributed by atoms with Gasteiger partial charge in [0.25, 0.3) is 0 Å². The highest BCUT2D eigenvalue weighted by molar-refractivity contribution is 5.78. The molecule has 5 atom stereocenters. The molecule has 0 bridgehead atoms. The molecule has 3 aliphatic rings. The minimum absolute atomic E-state index is 0.0716. The average molecular weight is 338 g/mol. The number of morpholine rings is 1. The lowest BCUT2D eigenvalue weighted by Crippen LogP contribution is -2.55. The Morgan fingerprint density at radius 3 is 2.88 bits per heavy atom. The van der Waals surface area contributed by atoms with Gasteiger partial charge in [-0.15, -0.1) is 0 Å². The Labute approximate surface area is 146 Å². The predicted octanol–water partition coefficient (Wildman–Crippen LogP) is 1.63. The van der Waals surface area contributed by atoms with Gasteiger partial charge in [-0.1, -0.05) is 6.92 Å². The van der Waals surface area contributed by atoms with E-state index in [0.717, 1.165) is 52.1 Å². The molecule has 3 fully saturated rings. The van der Waals surface area contributed by atoms with Gasteiger partial charge >= 0.3 is 0 Å². The van der Waals surface area contributed by atoms with Crippen LogP contribution in [0.25, 0.3) is 0 Å². The van der Waals surface area contributed by atoms with Crippen LogP contribution in [0.2, 0.25) is 0 Å². The summed E-state index contributed by atoms with van der Waals surface area (Å²) in [5.74, 6) is 1.83. The summed E-state index contributed by atoms with van der Waals surface area (Å²) in [6.45, 7) is 13.2. The molecule has 0 aromatic heterocycles. The third-order valence-electron chi connectivity index (χ3n) is 6.71. The summed E-state index contributed by atoms with van der Waals surface area (Å²) in [5.41, 5.74) is 0.0716. The Kier molecular flexibility index (Phi) is 5.52. The quantitative estimate of drug-likeness (QED) is 0.819. The zero-order valence-corrected chi connectivity index (χ0v) is 15.8. The normalized spacial score (nSPS) is 39.4. The Morgan fingerprint density at radius 2 is 2.12 bits per heavy atom. The number of fused-ring (bicyclic) bond motifs is 1. The van der Waals surface area contributed by atoms with E-state index in [1.54, 1.807) is 0 Å². The Balaban J connectivity index is 1.44. The van der Waals surface area contributed by atoms with Gasteiger partial charge in [-0.3, -0.25) is 9.69 Å². The maximum Gasteiger partial charge on any atom is 0.223 e. The number of ether oxygens (including phenoxy) is 1. The average Bonchev–Trinajstić information content (AvgIpc) is 2.83. The minimum Gasteiger partial charge on any atom is -0.378 e. The maximum absolute atomic E-state index is 12.6. The van der Waals surface area contributed by atoms with Crippen molar-refractivity contribution in [3.63, 3.8) is 0 Å². The summed E-state index contributed by atoms with van der Waals surface area (Å²) in [5, 5.41) is 6.91. The second kappa shape index (κ2) is 7.30. The number of carbonyl (C=O) groups excluding carboxylic acids is 1. The van der Waals surface area contributed by atoms with Crippen LogP contribution in [0.3, 0.4) is 0 Å². The van der Waals surface area contributed by atoms with E-state index < -0.39 is 0 Å². The summed E-state index contributed by atoms with van der Waals surface area (Å²) in [6.07, 6.45) is 3.23. The molecule has 138 valence electrons. The maximum atomic E-state index is 12.6. The van der Waals surface area contributed by atoms with Gasteiger partial charge in [0.2, 0.25) is 5.91 Å². The monoisotopic (exact) mass is 337 g/mol. The summed E-state index contributed by atoms with van der Waals surface area (Å²) in [4.78, 5) is 15.0. The van der Waals surface area contributed by atoms with Gasteiger partial charge in [0, 0.05) is 43.2 Å². The molecule has 1 aliphatic carbocycles. The molecule has 0 aromatic rings. The van der Waals surface area contributed by atoms with Crippen molar-refractivity contribution >= 4 is 5.91 Å². The molecule has 5 heteroatoms. The minimum atomic E-state index is 0.0716. The summed E-state index contributed by atoms with van der Waals surface area (Å²) in [7, 11) is 0. The smallest absolute Gasteiger partial charge is 0.223 e. The molecule has 0 spiro atoms.